The Morgan fingerprint density at radius 3 is 2.64 bits per heavy atom. The van der Waals surface area contributed by atoms with Gasteiger partial charge in [-0.15, -0.1) is 0 Å². The maximum Gasteiger partial charge on any atom is 0.165 e. The summed E-state index contributed by atoms with van der Waals surface area (Å²) >= 11 is 0. The van der Waals surface area contributed by atoms with Crippen molar-refractivity contribution in [2.75, 3.05) is 13.6 Å². The molecule has 0 aliphatic carbocycles. The van der Waals surface area contributed by atoms with Gasteiger partial charge in [0.05, 0.1) is 6.10 Å². The minimum absolute atomic E-state index is 0.0200. The lowest BCUT2D eigenvalue weighted by Gasteiger charge is -2.08. The number of benzene rings is 1. The Balaban J connectivity index is 2.51. The summed E-state index contributed by atoms with van der Waals surface area (Å²) in [5, 5.41) is 12.2. The Labute approximate surface area is 83.8 Å². The van der Waals surface area contributed by atoms with Gasteiger partial charge >= 0.3 is 0 Å². The van der Waals surface area contributed by atoms with Gasteiger partial charge in [0.2, 0.25) is 0 Å². The molecule has 0 amide bonds. The van der Waals surface area contributed by atoms with E-state index >= 15 is 0 Å². The first-order valence-corrected chi connectivity index (χ1v) is 4.65. The average Bonchev–Trinajstić information content (AvgIpc) is 2.19. The van der Waals surface area contributed by atoms with Crippen LogP contribution in [0.25, 0.3) is 0 Å². The summed E-state index contributed by atoms with van der Waals surface area (Å²) in [6.45, 7) is 0.443. The van der Waals surface area contributed by atoms with Crippen LogP contribution in [0, 0.1) is 0 Å². The average molecular weight is 193 g/mol. The normalized spacial score (nSPS) is 12.4. The van der Waals surface area contributed by atoms with E-state index in [2.05, 4.69) is 5.32 Å². The van der Waals surface area contributed by atoms with Crippen molar-refractivity contribution in [1.82, 2.24) is 5.32 Å². The van der Waals surface area contributed by atoms with E-state index in [9.17, 15) is 9.90 Å². The number of nitrogens with one attached hydrogen (secondary N) is 1. The smallest absolute Gasteiger partial charge is 0.165 e. The van der Waals surface area contributed by atoms with Crippen molar-refractivity contribution in [3.63, 3.8) is 0 Å². The summed E-state index contributed by atoms with van der Waals surface area (Å²) in [7, 11) is 1.75. The molecule has 0 heterocycles. The Bertz CT molecular complexity index is 285. The summed E-state index contributed by atoms with van der Waals surface area (Å²) in [6.07, 6.45) is -0.432. The number of hydrogen-bond acceptors (Lipinski definition) is 3. The van der Waals surface area contributed by atoms with Crippen molar-refractivity contribution in [2.24, 2.45) is 0 Å². The molecule has 0 saturated carbocycles. The van der Waals surface area contributed by atoms with E-state index in [-0.39, 0.29) is 12.2 Å². The van der Waals surface area contributed by atoms with Gasteiger partial charge < -0.3 is 10.4 Å². The molecule has 3 nitrogen and oxygen atoms in total. The Morgan fingerprint density at radius 1 is 1.43 bits per heavy atom. The molecule has 3 heteroatoms. The van der Waals surface area contributed by atoms with Crippen LogP contribution in [0.5, 0.6) is 0 Å². The standard InChI is InChI=1S/C11H15NO2/c1-12-8-10(13)7-11(14)9-5-3-2-4-6-9/h2-6,10,12-13H,7-8H2,1H3. The third kappa shape index (κ3) is 3.28. The number of ketones is 1. The summed E-state index contributed by atoms with van der Waals surface area (Å²) < 4.78 is 0. The third-order valence-corrected chi connectivity index (χ3v) is 1.96. The molecule has 1 unspecified atom stereocenters. The SMILES string of the molecule is CNCC(O)CC(=O)c1ccccc1. The van der Waals surface area contributed by atoms with Crippen LogP contribution in [0.3, 0.4) is 0 Å². The largest absolute Gasteiger partial charge is 0.391 e. The summed E-state index contributed by atoms with van der Waals surface area (Å²) in [4.78, 5) is 11.5. The summed E-state index contributed by atoms with van der Waals surface area (Å²) in [6, 6.07) is 9.01. The molecule has 76 valence electrons. The molecule has 0 saturated heterocycles. The molecule has 0 radical (unpaired) electrons. The van der Waals surface area contributed by atoms with Crippen LogP contribution >= 0.6 is 0 Å². The number of Topliss-reactive ketones (excluding diaryl/α,β-unsaturated/α-hetero) is 1. The number of carbonyl (C=O) groups excluding carboxylic acids is 1. The second-order valence-corrected chi connectivity index (χ2v) is 3.20. The van der Waals surface area contributed by atoms with E-state index < -0.39 is 6.10 Å². The maximum absolute atomic E-state index is 11.5. The lowest BCUT2D eigenvalue weighted by atomic mass is 10.1. The van der Waals surface area contributed by atoms with E-state index in [0.717, 1.165) is 0 Å². The number of hydrogen-bond donors (Lipinski definition) is 2. The highest BCUT2D eigenvalue weighted by Crippen LogP contribution is 2.04. The maximum atomic E-state index is 11.5. The van der Waals surface area contributed by atoms with E-state index in [1.165, 1.54) is 0 Å². The lowest BCUT2D eigenvalue weighted by Crippen LogP contribution is -2.25. The van der Waals surface area contributed by atoms with Crippen molar-refractivity contribution in [2.45, 2.75) is 12.5 Å². The van der Waals surface area contributed by atoms with Gasteiger partial charge in [-0.2, -0.15) is 0 Å². The van der Waals surface area contributed by atoms with Crippen molar-refractivity contribution in [3.05, 3.63) is 35.9 Å². The first kappa shape index (κ1) is 10.9. The predicted molar refractivity (Wildman–Crippen MR) is 55.3 cm³/mol. The van der Waals surface area contributed by atoms with Gasteiger partial charge in [0.1, 0.15) is 0 Å². The topological polar surface area (TPSA) is 49.3 Å². The Kier molecular flexibility index (Phi) is 4.29. The van der Waals surface area contributed by atoms with Crippen LogP contribution in [0.15, 0.2) is 30.3 Å². The number of likely N-dealkylation sites (N-methyl/N-ethyl adjacent to an activating group) is 1. The van der Waals surface area contributed by atoms with E-state index in [0.29, 0.717) is 12.1 Å². The fourth-order valence-electron chi connectivity index (χ4n) is 1.26. The minimum Gasteiger partial charge on any atom is -0.391 e. The van der Waals surface area contributed by atoms with Crippen LogP contribution in [0.1, 0.15) is 16.8 Å². The first-order chi connectivity index (χ1) is 6.74. The molecule has 14 heavy (non-hydrogen) atoms. The molecular weight excluding hydrogens is 178 g/mol. The number of aliphatic hydroxyl groups is 1. The second-order valence-electron chi connectivity index (χ2n) is 3.20. The van der Waals surface area contributed by atoms with Gasteiger partial charge in [-0.25, -0.2) is 0 Å². The second kappa shape index (κ2) is 5.52. The highest BCUT2D eigenvalue weighted by molar-refractivity contribution is 5.96. The molecule has 0 bridgehead atoms. The van der Waals surface area contributed by atoms with Crippen LogP contribution in [-0.2, 0) is 0 Å². The number of carbonyl (C=O) groups is 1. The third-order valence-electron chi connectivity index (χ3n) is 1.96. The van der Waals surface area contributed by atoms with Gasteiger partial charge in [-0.3, -0.25) is 4.79 Å². The summed E-state index contributed by atoms with van der Waals surface area (Å²) in [5.74, 6) is -0.0200. The Hall–Kier alpha value is -1.19. The van der Waals surface area contributed by atoms with Gasteiger partial charge in [-0.1, -0.05) is 30.3 Å². The molecule has 0 aromatic heterocycles. The number of aliphatic hydroxyl groups excluding tert-OH is 1. The summed E-state index contributed by atoms with van der Waals surface area (Å²) in [5.41, 5.74) is 0.655. The fourth-order valence-corrected chi connectivity index (χ4v) is 1.26. The molecule has 1 rings (SSSR count). The van der Waals surface area contributed by atoms with E-state index in [4.69, 9.17) is 0 Å². The Morgan fingerprint density at radius 2 is 2.07 bits per heavy atom. The minimum atomic E-state index is -0.604. The molecule has 1 aromatic rings. The van der Waals surface area contributed by atoms with Crippen LogP contribution in [0.4, 0.5) is 0 Å². The van der Waals surface area contributed by atoms with Crippen LogP contribution < -0.4 is 5.32 Å². The van der Waals surface area contributed by atoms with Gasteiger partial charge in [-0.05, 0) is 7.05 Å². The first-order valence-electron chi connectivity index (χ1n) is 4.65. The molecule has 1 aromatic carbocycles. The molecule has 0 fully saturated rings. The van der Waals surface area contributed by atoms with E-state index in [1.807, 2.05) is 18.2 Å². The van der Waals surface area contributed by atoms with Gasteiger partial charge in [0.25, 0.3) is 0 Å². The zero-order valence-corrected chi connectivity index (χ0v) is 8.23. The number of rotatable bonds is 5. The van der Waals surface area contributed by atoms with Crippen molar-refractivity contribution < 1.29 is 9.90 Å². The molecule has 0 aliphatic heterocycles. The molecule has 0 spiro atoms. The van der Waals surface area contributed by atoms with Crippen molar-refractivity contribution in [1.29, 1.82) is 0 Å². The lowest BCUT2D eigenvalue weighted by molar-refractivity contribution is 0.0882. The highest BCUT2D eigenvalue weighted by atomic mass is 16.3. The quantitative estimate of drug-likeness (QED) is 0.681. The molecule has 1 atom stereocenters. The molecule has 0 aliphatic rings. The van der Waals surface area contributed by atoms with Crippen molar-refractivity contribution >= 4 is 5.78 Å². The van der Waals surface area contributed by atoms with Crippen LogP contribution in [-0.4, -0.2) is 30.6 Å². The van der Waals surface area contributed by atoms with E-state index in [1.54, 1.807) is 19.2 Å². The van der Waals surface area contributed by atoms with Gasteiger partial charge in [0, 0.05) is 18.5 Å². The fraction of sp³-hybridized carbons (Fsp3) is 0.364. The predicted octanol–water partition coefficient (Wildman–Crippen LogP) is 0.840. The van der Waals surface area contributed by atoms with Gasteiger partial charge in [0.15, 0.2) is 5.78 Å². The highest BCUT2D eigenvalue weighted by Gasteiger charge is 2.11. The van der Waals surface area contributed by atoms with Crippen LogP contribution in [0.2, 0.25) is 0 Å². The zero-order chi connectivity index (χ0) is 10.4. The zero-order valence-electron chi connectivity index (χ0n) is 8.23. The monoisotopic (exact) mass is 193 g/mol. The van der Waals surface area contributed by atoms with Crippen molar-refractivity contribution in [3.8, 4) is 0 Å². The molecule has 2 N–H and O–H groups in total. The molecular formula is C11H15NO2.